The van der Waals surface area contributed by atoms with Gasteiger partial charge in [-0.2, -0.15) is 0 Å². The Balaban J connectivity index is 2.40. The molecule has 2 aromatic rings. The van der Waals surface area contributed by atoms with E-state index in [4.69, 9.17) is 5.11 Å². The molecular formula is C11H7N3O4S. The van der Waals surface area contributed by atoms with E-state index in [0.29, 0.717) is 5.03 Å². The first-order valence-electron chi connectivity index (χ1n) is 5.04. The quantitative estimate of drug-likeness (QED) is 0.674. The molecule has 96 valence electrons. The van der Waals surface area contributed by atoms with E-state index in [1.165, 1.54) is 0 Å². The van der Waals surface area contributed by atoms with Crippen molar-refractivity contribution in [3.05, 3.63) is 52.3 Å². The summed E-state index contributed by atoms with van der Waals surface area (Å²) in [6, 6.07) is 6.13. The largest absolute Gasteiger partial charge is 0.478 e. The minimum atomic E-state index is -1.26. The van der Waals surface area contributed by atoms with E-state index in [1.807, 2.05) is 0 Å². The highest BCUT2D eigenvalue weighted by atomic mass is 32.2. The number of rotatable bonds is 4. The van der Waals surface area contributed by atoms with E-state index in [2.05, 4.69) is 9.97 Å². The van der Waals surface area contributed by atoms with E-state index in [9.17, 15) is 14.9 Å². The second kappa shape index (κ2) is 5.44. The van der Waals surface area contributed by atoms with Crippen LogP contribution in [0.25, 0.3) is 0 Å². The number of hydrogen-bond acceptors (Lipinski definition) is 6. The van der Waals surface area contributed by atoms with Gasteiger partial charge < -0.3 is 5.11 Å². The Morgan fingerprint density at radius 3 is 2.74 bits per heavy atom. The normalized spacial score (nSPS) is 10.1. The Morgan fingerprint density at radius 2 is 2.16 bits per heavy atom. The molecule has 0 saturated heterocycles. The van der Waals surface area contributed by atoms with Crippen LogP contribution in [0.2, 0.25) is 0 Å². The van der Waals surface area contributed by atoms with Crippen LogP contribution in [0.3, 0.4) is 0 Å². The van der Waals surface area contributed by atoms with Crippen LogP contribution in [0.1, 0.15) is 10.4 Å². The maximum absolute atomic E-state index is 10.9. The van der Waals surface area contributed by atoms with Crippen LogP contribution in [0.5, 0.6) is 0 Å². The van der Waals surface area contributed by atoms with E-state index >= 15 is 0 Å². The van der Waals surface area contributed by atoms with Gasteiger partial charge in [-0.1, -0.05) is 6.07 Å². The van der Waals surface area contributed by atoms with Crippen molar-refractivity contribution in [3.63, 3.8) is 0 Å². The molecule has 19 heavy (non-hydrogen) atoms. The average molecular weight is 277 g/mol. The zero-order chi connectivity index (χ0) is 13.8. The lowest BCUT2D eigenvalue weighted by Crippen LogP contribution is -2.01. The van der Waals surface area contributed by atoms with Crippen LogP contribution in [0.4, 0.5) is 5.69 Å². The topological polar surface area (TPSA) is 106 Å². The highest BCUT2D eigenvalue weighted by Gasteiger charge is 2.20. The summed E-state index contributed by atoms with van der Waals surface area (Å²) < 4.78 is 0. The molecule has 1 N–H and O–H groups in total. The number of carboxylic acid groups (broad SMARTS) is 1. The molecule has 0 aliphatic rings. The van der Waals surface area contributed by atoms with Crippen molar-refractivity contribution in [2.24, 2.45) is 0 Å². The van der Waals surface area contributed by atoms with Gasteiger partial charge in [0.2, 0.25) is 0 Å². The molecule has 0 aliphatic carbocycles. The van der Waals surface area contributed by atoms with Crippen molar-refractivity contribution < 1.29 is 14.8 Å². The molecular weight excluding hydrogens is 270 g/mol. The third kappa shape index (κ3) is 3.05. The fourth-order valence-corrected chi connectivity index (χ4v) is 2.08. The Hall–Kier alpha value is -2.48. The molecule has 7 nitrogen and oxygen atoms in total. The first-order valence-corrected chi connectivity index (χ1v) is 5.86. The van der Waals surface area contributed by atoms with E-state index in [1.54, 1.807) is 24.4 Å². The van der Waals surface area contributed by atoms with Gasteiger partial charge in [-0.15, -0.1) is 0 Å². The van der Waals surface area contributed by atoms with Crippen LogP contribution in [-0.4, -0.2) is 26.0 Å². The van der Waals surface area contributed by atoms with E-state index in [0.717, 1.165) is 24.0 Å². The predicted octanol–water partition coefficient (Wildman–Crippen LogP) is 2.23. The zero-order valence-corrected chi connectivity index (χ0v) is 10.2. The number of carbonyl (C=O) groups is 1. The van der Waals surface area contributed by atoms with E-state index in [-0.39, 0.29) is 16.3 Å². The summed E-state index contributed by atoms with van der Waals surface area (Å²) in [4.78, 5) is 28.9. The van der Waals surface area contributed by atoms with Crippen molar-refractivity contribution in [2.75, 3.05) is 0 Å². The van der Waals surface area contributed by atoms with Gasteiger partial charge >= 0.3 is 11.7 Å². The fraction of sp³-hybridized carbons (Fsp3) is 0. The first kappa shape index (κ1) is 13.0. The third-order valence-electron chi connectivity index (χ3n) is 2.11. The SMILES string of the molecule is O=C(O)c1cnc(Sc2ccccn2)c([N+](=O)[O-])c1. The lowest BCUT2D eigenvalue weighted by atomic mass is 10.3. The maximum atomic E-state index is 10.9. The molecule has 2 aromatic heterocycles. The number of aromatic carboxylic acids is 1. The number of hydrogen-bond donors (Lipinski definition) is 1. The summed E-state index contributed by atoms with van der Waals surface area (Å²) >= 11 is 1.01. The summed E-state index contributed by atoms with van der Waals surface area (Å²) in [7, 11) is 0. The number of carboxylic acids is 1. The number of nitro groups is 1. The molecule has 0 amide bonds. The van der Waals surface area contributed by atoms with Gasteiger partial charge in [-0.3, -0.25) is 10.1 Å². The molecule has 0 aliphatic heterocycles. The molecule has 0 bridgehead atoms. The average Bonchev–Trinajstić information content (AvgIpc) is 2.39. The third-order valence-corrected chi connectivity index (χ3v) is 3.07. The standard InChI is InChI=1S/C11H7N3O4S/c15-11(16)7-5-8(14(17)18)10(13-6-7)19-9-3-1-2-4-12-9/h1-6H,(H,15,16). The minimum absolute atomic E-state index is 0.105. The second-order valence-electron chi connectivity index (χ2n) is 3.38. The van der Waals surface area contributed by atoms with Crippen molar-refractivity contribution in [3.8, 4) is 0 Å². The molecule has 2 heterocycles. The van der Waals surface area contributed by atoms with Gasteiger partial charge in [0.05, 0.1) is 10.5 Å². The van der Waals surface area contributed by atoms with Crippen molar-refractivity contribution in [1.82, 2.24) is 9.97 Å². The van der Waals surface area contributed by atoms with Crippen LogP contribution in [0, 0.1) is 10.1 Å². The fourth-order valence-electron chi connectivity index (χ4n) is 1.27. The van der Waals surface area contributed by atoms with Gasteiger partial charge in [-0.05, 0) is 23.9 Å². The molecule has 8 heteroatoms. The van der Waals surface area contributed by atoms with Gasteiger partial charge in [0, 0.05) is 18.5 Å². The van der Waals surface area contributed by atoms with Gasteiger partial charge in [0.1, 0.15) is 5.03 Å². The minimum Gasteiger partial charge on any atom is -0.478 e. The van der Waals surface area contributed by atoms with Crippen molar-refractivity contribution in [1.29, 1.82) is 0 Å². The maximum Gasteiger partial charge on any atom is 0.337 e. The molecule has 2 rings (SSSR count). The van der Waals surface area contributed by atoms with Crippen molar-refractivity contribution in [2.45, 2.75) is 10.1 Å². The molecule has 0 aromatic carbocycles. The smallest absolute Gasteiger partial charge is 0.337 e. The number of nitrogens with zero attached hydrogens (tertiary/aromatic N) is 3. The Morgan fingerprint density at radius 1 is 1.37 bits per heavy atom. The monoisotopic (exact) mass is 277 g/mol. The second-order valence-corrected chi connectivity index (χ2v) is 4.39. The Labute approximate surface area is 111 Å². The molecule has 0 spiro atoms. The van der Waals surface area contributed by atoms with E-state index < -0.39 is 10.9 Å². The van der Waals surface area contributed by atoms with Gasteiger partial charge in [0.25, 0.3) is 0 Å². The molecule has 0 saturated carbocycles. The van der Waals surface area contributed by atoms with Crippen LogP contribution >= 0.6 is 11.8 Å². The van der Waals surface area contributed by atoms with Crippen LogP contribution < -0.4 is 0 Å². The predicted molar refractivity (Wildman–Crippen MR) is 66.2 cm³/mol. The van der Waals surface area contributed by atoms with Crippen molar-refractivity contribution >= 4 is 23.4 Å². The van der Waals surface area contributed by atoms with Gasteiger partial charge in [-0.25, -0.2) is 14.8 Å². The Bertz CT molecular complexity index is 633. The summed E-state index contributed by atoms with van der Waals surface area (Å²) in [6.07, 6.45) is 2.64. The highest BCUT2D eigenvalue weighted by molar-refractivity contribution is 7.99. The zero-order valence-electron chi connectivity index (χ0n) is 9.39. The number of pyridine rings is 2. The summed E-state index contributed by atoms with van der Waals surface area (Å²) in [5, 5.41) is 20.4. The molecule has 0 unspecified atom stereocenters. The van der Waals surface area contributed by atoms with Gasteiger partial charge in [0.15, 0.2) is 5.03 Å². The van der Waals surface area contributed by atoms with Crippen LogP contribution in [0.15, 0.2) is 46.7 Å². The summed E-state index contributed by atoms with van der Waals surface area (Å²) in [6.45, 7) is 0. The Kier molecular flexibility index (Phi) is 3.71. The lowest BCUT2D eigenvalue weighted by Gasteiger charge is -2.02. The van der Waals surface area contributed by atoms with Crippen LogP contribution in [-0.2, 0) is 0 Å². The first-order chi connectivity index (χ1) is 9.08. The molecule has 0 atom stereocenters. The lowest BCUT2D eigenvalue weighted by molar-refractivity contribution is -0.388. The summed E-state index contributed by atoms with van der Waals surface area (Å²) in [5.41, 5.74) is -0.576. The molecule has 0 fully saturated rings. The number of aromatic nitrogens is 2. The molecule has 0 radical (unpaired) electrons. The summed E-state index contributed by atoms with van der Waals surface area (Å²) in [5.74, 6) is -1.26. The highest BCUT2D eigenvalue weighted by Crippen LogP contribution is 2.32.